The zero-order valence-electron chi connectivity index (χ0n) is 42.3. The van der Waals surface area contributed by atoms with E-state index in [4.69, 9.17) is 27.8 Å². The van der Waals surface area contributed by atoms with Crippen LogP contribution in [-0.4, -0.2) is 129 Å². The molecule has 3 atom stereocenters. The fourth-order valence-corrected chi connectivity index (χ4v) is 11.5. The van der Waals surface area contributed by atoms with Crippen molar-refractivity contribution in [2.24, 2.45) is 17.1 Å². The molecule has 394 valence electrons. The number of alkyl halides is 1. The summed E-state index contributed by atoms with van der Waals surface area (Å²) >= 11 is 9.67. The first-order valence-electron chi connectivity index (χ1n) is 25.2. The van der Waals surface area contributed by atoms with Gasteiger partial charge in [0.05, 0.1) is 45.7 Å². The summed E-state index contributed by atoms with van der Waals surface area (Å²) in [6.45, 7) is 13.8. The van der Waals surface area contributed by atoms with Gasteiger partial charge in [-0.1, -0.05) is 62.3 Å². The number of hydrogen-bond donors (Lipinski definition) is 6. The Kier molecular flexibility index (Phi) is 16.9. The number of likely N-dealkylation sites (tertiary alicyclic amines) is 2. The molecule has 17 nitrogen and oxygen atoms in total. The number of hydrogen-bond acceptors (Lipinski definition) is 15. The number of rotatable bonds is 18. The van der Waals surface area contributed by atoms with Crippen LogP contribution in [0.2, 0.25) is 5.02 Å². The summed E-state index contributed by atoms with van der Waals surface area (Å²) in [6, 6.07) is 9.24. The second-order valence-corrected chi connectivity index (χ2v) is 23.7. The van der Waals surface area contributed by atoms with Gasteiger partial charge in [0.15, 0.2) is 11.5 Å². The first-order valence-corrected chi connectivity index (χ1v) is 27.3. The van der Waals surface area contributed by atoms with Crippen LogP contribution in [0.25, 0.3) is 10.4 Å². The van der Waals surface area contributed by atoms with Gasteiger partial charge in [-0.3, -0.25) is 19.2 Å². The Morgan fingerprint density at radius 2 is 1.81 bits per heavy atom. The third-order valence-corrected chi connectivity index (χ3v) is 16.9. The number of benzene rings is 2. The molecule has 73 heavy (non-hydrogen) atoms. The number of amides is 4. The van der Waals surface area contributed by atoms with Gasteiger partial charge >= 0.3 is 0 Å². The van der Waals surface area contributed by atoms with Gasteiger partial charge < -0.3 is 52.0 Å². The molecule has 2 aromatic carbocycles. The first kappa shape index (κ1) is 54.2. The molecule has 5 heterocycles. The molecular formula is C52H69ClFN11O6S2. The van der Waals surface area contributed by atoms with E-state index in [0.29, 0.717) is 45.2 Å². The van der Waals surface area contributed by atoms with E-state index in [0.717, 1.165) is 92.3 Å². The average molecular weight is 1060 g/mol. The summed E-state index contributed by atoms with van der Waals surface area (Å²) < 4.78 is 21.1. The van der Waals surface area contributed by atoms with Crippen LogP contribution in [0.15, 0.2) is 58.0 Å². The minimum Gasteiger partial charge on any atom is -0.493 e. The van der Waals surface area contributed by atoms with Crippen molar-refractivity contribution in [3.05, 3.63) is 64.4 Å². The Morgan fingerprint density at radius 3 is 2.48 bits per heavy atom. The molecule has 3 saturated heterocycles. The monoisotopic (exact) mass is 1060 g/mol. The van der Waals surface area contributed by atoms with Crippen LogP contribution < -0.4 is 37.1 Å². The summed E-state index contributed by atoms with van der Waals surface area (Å²) in [6.07, 6.45) is 5.60. The first-order chi connectivity index (χ1) is 34.7. The second kappa shape index (κ2) is 22.8. The maximum absolute atomic E-state index is 14.7. The molecule has 0 radical (unpaired) electrons. The predicted molar refractivity (Wildman–Crippen MR) is 283 cm³/mol. The van der Waals surface area contributed by atoms with E-state index in [1.165, 1.54) is 28.0 Å². The smallest absolute Gasteiger partial charge is 0.258 e. The highest BCUT2D eigenvalue weighted by molar-refractivity contribution is 7.99. The van der Waals surface area contributed by atoms with E-state index in [9.17, 15) is 28.7 Å². The molecular weight excluding hydrogens is 993 g/mol. The molecule has 8 N–H and O–H groups in total. The number of halogens is 2. The Morgan fingerprint density at radius 1 is 1.07 bits per heavy atom. The van der Waals surface area contributed by atoms with Crippen molar-refractivity contribution in [2.45, 2.75) is 138 Å². The highest BCUT2D eigenvalue weighted by Crippen LogP contribution is 2.41. The van der Waals surface area contributed by atoms with E-state index in [1.807, 2.05) is 37.3 Å². The van der Waals surface area contributed by atoms with E-state index >= 15 is 0 Å². The Balaban J connectivity index is 0.808. The van der Waals surface area contributed by atoms with Crippen LogP contribution in [-0.2, 0) is 25.7 Å². The van der Waals surface area contributed by atoms with Crippen molar-refractivity contribution in [2.75, 3.05) is 61.8 Å². The molecule has 2 aromatic heterocycles. The van der Waals surface area contributed by atoms with Crippen molar-refractivity contribution in [1.82, 2.24) is 35.4 Å². The fraction of sp³-hybridized carbons (Fsp3) is 0.558. The van der Waals surface area contributed by atoms with Crippen LogP contribution in [0.4, 0.5) is 21.7 Å². The lowest BCUT2D eigenvalue weighted by Gasteiger charge is -2.37. The van der Waals surface area contributed by atoms with Crippen LogP contribution in [0.5, 0.6) is 5.75 Å². The number of carbonyl (C=O) groups is 4. The van der Waals surface area contributed by atoms with E-state index in [-0.39, 0.29) is 49.7 Å². The summed E-state index contributed by atoms with van der Waals surface area (Å²) in [5, 5.41) is 20.2. The molecule has 4 aromatic rings. The molecule has 1 saturated carbocycles. The molecule has 3 aliphatic heterocycles. The van der Waals surface area contributed by atoms with Crippen molar-refractivity contribution < 1.29 is 33.4 Å². The quantitative estimate of drug-likeness (QED) is 0.0567. The zero-order valence-corrected chi connectivity index (χ0v) is 44.7. The lowest BCUT2D eigenvalue weighted by atomic mass is 9.85. The van der Waals surface area contributed by atoms with E-state index < -0.39 is 47.0 Å². The van der Waals surface area contributed by atoms with Gasteiger partial charge in [-0.25, -0.2) is 19.3 Å². The number of piperidine rings is 2. The second-order valence-electron chi connectivity index (χ2n) is 21.5. The molecule has 4 aliphatic rings. The number of aliphatic hydroxyl groups excluding tert-OH is 1. The maximum Gasteiger partial charge on any atom is 0.258 e. The maximum atomic E-state index is 14.7. The number of nitrogens with zero attached hydrogens (tertiary/aromatic N) is 6. The lowest BCUT2D eigenvalue weighted by Crippen LogP contribution is -2.59. The standard InChI is InChI=1S/C52H69ClFN11O6S2/c1-31-43(72-30-59-31)33-10-11-34(27-57-46(68)37-26-35(66)29-65(37)48(69)44(50(2,3)4)62-49(70)52(54)14-15-52)38(25-33)71-23-7-18-63-19-12-32(13-20-63)24-41(67)60-36-8-6-9-39(42(36)53)73-47-45(55)61-40(28-58-47)64-21-16-51(5,56)17-22-64/h6,8-11,25,28,30,32,35,37,44,66H,7,12-24,26-27,29,56H2,1-5H3,(H2,55,61)(H,57,68)(H,60,67)(H,62,70)/t35?,37?,44-/m1/s1. The number of ether oxygens (including phenoxy) is 1. The van der Waals surface area contributed by atoms with Gasteiger partial charge in [-0.15, -0.1) is 11.3 Å². The van der Waals surface area contributed by atoms with Crippen molar-refractivity contribution in [3.8, 4) is 16.2 Å². The van der Waals surface area contributed by atoms with E-state index in [1.54, 1.807) is 38.5 Å². The number of nitrogen functional groups attached to an aromatic ring is 1. The molecule has 21 heteroatoms. The largest absolute Gasteiger partial charge is 0.493 e. The number of aromatic nitrogens is 3. The molecule has 2 unspecified atom stereocenters. The minimum atomic E-state index is -1.98. The zero-order chi connectivity index (χ0) is 52.2. The highest BCUT2D eigenvalue weighted by Gasteiger charge is 2.53. The molecule has 8 rings (SSSR count). The number of β-amino-alcohol motifs (C(OH)–C–C–N with tert-alkyl or cyclic N) is 1. The molecule has 1 aliphatic carbocycles. The van der Waals surface area contributed by atoms with Crippen molar-refractivity contribution in [1.29, 1.82) is 0 Å². The Labute approximate surface area is 440 Å². The summed E-state index contributed by atoms with van der Waals surface area (Å²) in [7, 11) is 0. The van der Waals surface area contributed by atoms with Gasteiger partial charge in [0, 0.05) is 61.6 Å². The molecule has 0 spiro atoms. The van der Waals surface area contributed by atoms with Crippen LogP contribution in [0, 0.1) is 18.3 Å². The molecule has 0 bridgehead atoms. The number of aliphatic hydroxyl groups is 1. The minimum absolute atomic E-state index is 0.0230. The number of carbonyl (C=O) groups excluding carboxylic acids is 4. The van der Waals surface area contributed by atoms with Crippen LogP contribution in [0.3, 0.4) is 0 Å². The number of nitrogens with two attached hydrogens (primary N) is 2. The SMILES string of the molecule is Cc1ncsc1-c1ccc(CNC(=O)C2CC(O)CN2C(=O)[C@@H](NC(=O)C2(F)CC2)C(C)(C)C)c(OCCCN2CCC(CC(=O)Nc3cccc(Sc4ncc(N5CCC(C)(N)CC5)nc4N)c3Cl)CC2)c1. The summed E-state index contributed by atoms with van der Waals surface area (Å²) in [5.41, 5.74) is 14.6. The number of nitrogens with one attached hydrogen (secondary N) is 3. The van der Waals surface area contributed by atoms with Crippen LogP contribution >= 0.6 is 34.7 Å². The van der Waals surface area contributed by atoms with Gasteiger partial charge in [0.2, 0.25) is 17.7 Å². The normalized spacial score (nSPS) is 20.3. The van der Waals surface area contributed by atoms with Crippen molar-refractivity contribution in [3.63, 3.8) is 0 Å². The summed E-state index contributed by atoms with van der Waals surface area (Å²) in [5.74, 6) is -0.0595. The molecule has 4 fully saturated rings. The third kappa shape index (κ3) is 13.6. The Bertz CT molecular complexity index is 2650. The summed E-state index contributed by atoms with van der Waals surface area (Å²) in [4.78, 5) is 75.1. The lowest BCUT2D eigenvalue weighted by molar-refractivity contribution is -0.145. The third-order valence-electron chi connectivity index (χ3n) is 14.4. The van der Waals surface area contributed by atoms with Crippen molar-refractivity contribution >= 4 is 75.7 Å². The van der Waals surface area contributed by atoms with Crippen LogP contribution in [0.1, 0.15) is 96.7 Å². The Hall–Kier alpha value is -5.12. The number of thiazole rings is 1. The molecule has 4 amide bonds. The fourth-order valence-electron chi connectivity index (χ4n) is 9.57. The highest BCUT2D eigenvalue weighted by atomic mass is 35.5. The average Bonchev–Trinajstić information content (AvgIpc) is 3.75. The van der Waals surface area contributed by atoms with E-state index in [2.05, 4.69) is 47.6 Å². The van der Waals surface area contributed by atoms with Gasteiger partial charge in [-0.2, -0.15) is 0 Å². The predicted octanol–water partition coefficient (Wildman–Crippen LogP) is 6.73. The van der Waals surface area contributed by atoms with Gasteiger partial charge in [-0.05, 0) is 107 Å². The van der Waals surface area contributed by atoms with Gasteiger partial charge in [0.1, 0.15) is 28.7 Å². The topological polar surface area (TPSA) is 234 Å². The number of aryl methyl sites for hydroxylation is 1. The van der Waals surface area contributed by atoms with Gasteiger partial charge in [0.25, 0.3) is 5.91 Å². The number of anilines is 3.